The van der Waals surface area contributed by atoms with Gasteiger partial charge in [0.1, 0.15) is 42.6 Å². The zero-order chi connectivity index (χ0) is 76.9. The highest BCUT2D eigenvalue weighted by Crippen LogP contribution is 2.59. The standard InChI is InChI=1S/C24H30N2O4.C21H26N2O2.C17H25NO6.C17H25NO5.C3H5ClO2/c1-3-29-24(28)25-16-8-9-17-15(10-16)11-18-21(13(2)30-23(18)27)22(17)20-12-14-6-4-5-7-19(14)26-20;1-11-19-16(21(24)25-11)9-13-8-14(22)6-7-15(13)20(19)18-10-12-4-2-3-5-17(12)23-18;1-3-23-17(22)18-10-4-5-11-9(6-10)7-12-13(14(11)15(19)20)8(2)24-16(12)21;1-3-22-17(21)18-11-4-5-12-10(6-11)7-13-15(14(12)8-19)9(2)23-16(13)20;1-2-3(5)6-4/h4-7,13,15-18,21-22H,3,8-12H2,1-2H3,(H,25,28);2-5,11,13-16,19-20H,6-10,22H2,1H3;8-14H,3-7H2,1-2H3,(H,18,22)(H,19,20);8-15H,3-7H2,1-2H3,(H,18,21);2H2,1H3/t13-,15+,16-,17-,18-,21-,22-;11-,13+,14-,15-,16-,19-,20-;8-,9+,10-,11-,12-,13-,14+;9-,10+,11-,12-,13-,14+,15-;/m1111./s1. The van der Waals surface area contributed by atoms with E-state index < -0.39 is 23.9 Å². The number of nitrogens with zero attached hydrogens (tertiary/aromatic N) is 2. The van der Waals surface area contributed by atoms with Crippen LogP contribution >= 0.6 is 11.9 Å². The molecule has 6 aliphatic heterocycles. The maximum absolute atomic E-state index is 12.7. The summed E-state index contributed by atoms with van der Waals surface area (Å²) in [6.07, 6.45) is 15.6. The summed E-state index contributed by atoms with van der Waals surface area (Å²) in [7, 11) is 0. The first-order chi connectivity index (χ1) is 51.9. The number of nitrogens with two attached hydrogens (primary N) is 1. The number of carboxylic acid groups (broad SMARTS) is 1. The molecule has 28 atom stereocenters. The number of rotatable bonds is 11. The van der Waals surface area contributed by atoms with Crippen molar-refractivity contribution in [1.29, 1.82) is 0 Å². The minimum absolute atomic E-state index is 0.00506. The second-order valence-corrected chi connectivity index (χ2v) is 33.0. The van der Waals surface area contributed by atoms with Crippen LogP contribution in [0.3, 0.4) is 0 Å². The van der Waals surface area contributed by atoms with Gasteiger partial charge in [0.05, 0.1) is 60.8 Å². The third kappa shape index (κ3) is 17.1. The molecule has 6 N–H and O–H groups in total. The lowest BCUT2D eigenvalue weighted by Gasteiger charge is -2.48. The molecule has 0 bridgehead atoms. The van der Waals surface area contributed by atoms with Gasteiger partial charge in [0, 0.05) is 96.3 Å². The van der Waals surface area contributed by atoms with E-state index >= 15 is 0 Å². The van der Waals surface area contributed by atoms with E-state index in [-0.39, 0.29) is 162 Å². The molecule has 0 aromatic heterocycles. The fraction of sp³-hybridized carbons (Fsp3) is 0.707. The van der Waals surface area contributed by atoms with Gasteiger partial charge in [-0.15, -0.1) is 0 Å². The topological polar surface area (TPSA) is 352 Å². The molecular formula is C82H111ClN6O19. The van der Waals surface area contributed by atoms with Gasteiger partial charge in [0.15, 0.2) is 0 Å². The molecule has 4 saturated heterocycles. The van der Waals surface area contributed by atoms with Crippen molar-refractivity contribution in [2.24, 2.45) is 134 Å². The summed E-state index contributed by atoms with van der Waals surface area (Å²) in [6.45, 7) is 15.9. The first-order valence-electron chi connectivity index (χ1n) is 40.1. The van der Waals surface area contributed by atoms with Crippen LogP contribution in [0.15, 0.2) is 58.5 Å². The van der Waals surface area contributed by atoms with Crippen LogP contribution in [-0.4, -0.2) is 145 Å². The molecule has 2 aromatic rings. The Hall–Kier alpha value is -7.67. The number of carboxylic acids is 1. The van der Waals surface area contributed by atoms with Crippen molar-refractivity contribution in [2.45, 2.75) is 226 Å². The average Bonchev–Trinajstić information content (AvgIpc) is 1.54. The number of carbonyl (C=O) groups excluding carboxylic acids is 9. The molecule has 0 radical (unpaired) electrons. The zero-order valence-electron chi connectivity index (χ0n) is 63.6. The van der Waals surface area contributed by atoms with E-state index in [1.807, 2.05) is 26.8 Å². The number of halogens is 1. The number of ether oxygens (including phenoxy) is 7. The molecule has 0 unspecified atom stereocenters. The van der Waals surface area contributed by atoms with Crippen molar-refractivity contribution in [1.82, 2.24) is 16.0 Å². The largest absolute Gasteiger partial charge is 0.481 e. The minimum Gasteiger partial charge on any atom is -0.481 e. The first-order valence-corrected chi connectivity index (χ1v) is 40.4. The van der Waals surface area contributed by atoms with Crippen molar-refractivity contribution in [3.05, 3.63) is 59.7 Å². The summed E-state index contributed by atoms with van der Waals surface area (Å²) in [5.74, 6) is 0.833. The number of cyclic esters (lactones) is 4. The van der Waals surface area contributed by atoms with Crippen molar-refractivity contribution in [3.8, 4) is 0 Å². The van der Waals surface area contributed by atoms with Gasteiger partial charge in [0.25, 0.3) is 0 Å². The van der Waals surface area contributed by atoms with Gasteiger partial charge < -0.3 is 69.0 Å². The Kier molecular flexibility index (Phi) is 26.0. The van der Waals surface area contributed by atoms with Crippen molar-refractivity contribution in [3.63, 3.8) is 0 Å². The van der Waals surface area contributed by atoms with Crippen molar-refractivity contribution >= 4 is 95.0 Å². The van der Waals surface area contributed by atoms with Crippen LogP contribution in [0.5, 0.6) is 0 Å². The molecule has 108 heavy (non-hydrogen) atoms. The SMILES string of the molecule is CCC(=O)OCl.CCOC(=O)N[C@@H]1CC[C@@H]2[C@@H](C1)C[C@H]1C(=O)O[C@H](C)[C@H]1[C@H]2C(=O)O.CCOC(=O)N[C@@H]1CC[C@@H]2[C@@H](C1)C[C@H]1C(=O)O[C@H](C)[C@H]1[C@H]2C1=Nc2ccccc2C1.CCOC(=O)N[C@@H]1CC[C@@H]2[C@@H](C1)C[C@H]1C(=O)O[C@H](C)[C@H]1[C@H]2C=O.C[C@H]1OC(=O)[C@@H]2C[C@@H]3C[C@H](N)CC[C@H]3[C@H](C3=Nc4ccccc4C3)[C@H]12. The van der Waals surface area contributed by atoms with Crippen LogP contribution in [0.25, 0.3) is 0 Å². The molecule has 8 saturated carbocycles. The summed E-state index contributed by atoms with van der Waals surface area (Å²) in [5.41, 5.74) is 13.6. The zero-order valence-corrected chi connectivity index (χ0v) is 64.3. The van der Waals surface area contributed by atoms with Crippen molar-refractivity contribution < 1.29 is 90.5 Å². The maximum atomic E-state index is 12.7. The number of hydrogen-bond acceptors (Lipinski definition) is 21. The Bertz CT molecular complexity index is 3700. The molecule has 0 spiro atoms. The molecule has 26 heteroatoms. The lowest BCUT2D eigenvalue weighted by Crippen LogP contribution is -2.51. The second kappa shape index (κ2) is 35.1. The van der Waals surface area contributed by atoms with Gasteiger partial charge in [-0.2, -0.15) is 0 Å². The molecule has 6 heterocycles. The fourth-order valence-corrected chi connectivity index (χ4v) is 23.0. The number of esters is 4. The number of aliphatic imine (C=N–C) groups is 2. The lowest BCUT2D eigenvalue weighted by atomic mass is 9.55. The van der Waals surface area contributed by atoms with Gasteiger partial charge in [-0.1, -0.05) is 43.3 Å². The smallest absolute Gasteiger partial charge is 0.407 e. The summed E-state index contributed by atoms with van der Waals surface area (Å²) in [4.78, 5) is 128. The molecule has 25 nitrogen and oxygen atoms in total. The molecule has 590 valence electrons. The lowest BCUT2D eigenvalue weighted by molar-refractivity contribution is -0.153. The number of nitrogens with one attached hydrogen (secondary N) is 3. The van der Waals surface area contributed by atoms with Gasteiger partial charge in [-0.05, 0) is 222 Å². The Morgan fingerprint density at radius 3 is 1.26 bits per heavy atom. The monoisotopic (exact) mass is 1520 g/mol. The quantitative estimate of drug-likeness (QED) is 0.0792. The van der Waals surface area contributed by atoms with Crippen LogP contribution in [0.1, 0.15) is 176 Å². The Morgan fingerprint density at radius 1 is 0.500 bits per heavy atom. The summed E-state index contributed by atoms with van der Waals surface area (Å²) in [5, 5.41) is 18.5. The van der Waals surface area contributed by atoms with Crippen molar-refractivity contribution in [2.75, 3.05) is 19.8 Å². The number of fused-ring (bicyclic) bond motifs is 10. The Balaban J connectivity index is 0.000000132. The maximum Gasteiger partial charge on any atom is 0.407 e. The highest BCUT2D eigenvalue weighted by Gasteiger charge is 2.61. The number of hydrogen-bond donors (Lipinski definition) is 5. The van der Waals surface area contributed by atoms with Crippen LogP contribution < -0.4 is 21.7 Å². The molecular weight excluding hydrogens is 1410 g/mol. The average molecular weight is 1520 g/mol. The molecule has 16 rings (SSSR count). The van der Waals surface area contributed by atoms with E-state index in [0.717, 1.165) is 120 Å². The van der Waals surface area contributed by atoms with Crippen LogP contribution in [0, 0.1) is 118 Å². The molecule has 2 aromatic carbocycles. The minimum atomic E-state index is -0.832. The normalized spacial score (nSPS) is 38.5. The van der Waals surface area contributed by atoms with E-state index in [1.165, 1.54) is 22.6 Å². The van der Waals surface area contributed by atoms with E-state index in [2.05, 4.69) is 81.5 Å². The van der Waals surface area contributed by atoms with Crippen LogP contribution in [-0.2, 0) is 83.9 Å². The number of alkyl carbamates (subject to hydrolysis) is 3. The molecule has 14 aliphatic rings. The second-order valence-electron chi connectivity index (χ2n) is 32.9. The molecule has 12 fully saturated rings. The highest BCUT2D eigenvalue weighted by molar-refractivity contribution is 6.13. The van der Waals surface area contributed by atoms with Gasteiger partial charge in [-0.25, -0.2) is 14.4 Å². The highest BCUT2D eigenvalue weighted by atomic mass is 35.5. The first kappa shape index (κ1) is 79.9. The third-order valence-electron chi connectivity index (χ3n) is 27.1. The number of amides is 3. The summed E-state index contributed by atoms with van der Waals surface area (Å²) >= 11 is 4.60. The van der Waals surface area contributed by atoms with E-state index in [1.54, 1.807) is 27.7 Å². The molecule has 8 aliphatic carbocycles. The predicted octanol–water partition coefficient (Wildman–Crippen LogP) is 12.1. The van der Waals surface area contributed by atoms with E-state index in [9.17, 15) is 53.1 Å². The Morgan fingerprint density at radius 2 is 0.861 bits per heavy atom. The van der Waals surface area contributed by atoms with E-state index in [4.69, 9.17) is 48.9 Å². The Labute approximate surface area is 638 Å². The third-order valence-corrected chi connectivity index (χ3v) is 27.3. The number of para-hydroxylation sites is 2. The van der Waals surface area contributed by atoms with Crippen LogP contribution in [0.2, 0.25) is 0 Å². The summed E-state index contributed by atoms with van der Waals surface area (Å²) < 4.78 is 40.8. The number of benzene rings is 2. The molecule has 3 amide bonds. The van der Waals surface area contributed by atoms with Gasteiger partial charge in [0.2, 0.25) is 0 Å². The number of aliphatic carboxylic acids is 1. The van der Waals surface area contributed by atoms with Gasteiger partial charge >= 0.3 is 54.1 Å². The predicted molar refractivity (Wildman–Crippen MR) is 396 cm³/mol. The number of aldehydes is 1. The summed E-state index contributed by atoms with van der Waals surface area (Å²) in [6, 6.07) is 17.2. The van der Waals surface area contributed by atoms with Crippen LogP contribution in [0.4, 0.5) is 25.8 Å². The number of carbonyl (C=O) groups is 10. The van der Waals surface area contributed by atoms with E-state index in [0.29, 0.717) is 74.6 Å². The van der Waals surface area contributed by atoms with Gasteiger partial charge in [-0.3, -0.25) is 38.8 Å². The fourth-order valence-electron chi connectivity index (χ4n) is 22.8.